The van der Waals surface area contributed by atoms with E-state index >= 15 is 0 Å². The van der Waals surface area contributed by atoms with Gasteiger partial charge in [-0.1, -0.05) is 43.5 Å². The van der Waals surface area contributed by atoms with Crippen LogP contribution in [0.5, 0.6) is 0 Å². The molecule has 0 aliphatic rings. The van der Waals surface area contributed by atoms with Crippen molar-refractivity contribution in [2.24, 2.45) is 0 Å². The molecule has 0 atom stereocenters. The first-order valence-corrected chi connectivity index (χ1v) is 6.31. The van der Waals surface area contributed by atoms with Gasteiger partial charge in [0.2, 0.25) is 5.91 Å². The molecule has 0 unspecified atom stereocenters. The maximum absolute atomic E-state index is 11.4. The number of carbonyl (C=O) groups is 1. The van der Waals surface area contributed by atoms with Gasteiger partial charge in [0.1, 0.15) is 0 Å². The summed E-state index contributed by atoms with van der Waals surface area (Å²) in [5, 5.41) is 3.55. The van der Waals surface area contributed by atoms with E-state index in [2.05, 4.69) is 12.2 Å². The Kier molecular flexibility index (Phi) is 6.41. The van der Waals surface area contributed by atoms with E-state index in [0.717, 1.165) is 31.4 Å². The van der Waals surface area contributed by atoms with Crippen LogP contribution in [-0.4, -0.2) is 12.5 Å². The van der Waals surface area contributed by atoms with Crippen LogP contribution in [0.4, 0.5) is 0 Å². The fourth-order valence-electron chi connectivity index (χ4n) is 1.39. The largest absolute Gasteiger partial charge is 0.353 e. The van der Waals surface area contributed by atoms with Gasteiger partial charge in [0, 0.05) is 17.6 Å². The van der Waals surface area contributed by atoms with Gasteiger partial charge in [-0.15, -0.1) is 0 Å². The quantitative estimate of drug-likeness (QED) is 0.607. The van der Waals surface area contributed by atoms with Crippen LogP contribution in [0.3, 0.4) is 0 Å². The van der Waals surface area contributed by atoms with Gasteiger partial charge in [0.05, 0.1) is 0 Å². The third-order valence-corrected chi connectivity index (χ3v) is 2.63. The molecule has 1 amide bonds. The Hall–Kier alpha value is -1.28. The summed E-state index contributed by atoms with van der Waals surface area (Å²) in [6.07, 6.45) is 6.69. The molecule has 3 heteroatoms. The van der Waals surface area contributed by atoms with Gasteiger partial charge >= 0.3 is 0 Å². The highest BCUT2D eigenvalue weighted by atomic mass is 35.5. The SMILES string of the molecule is CCCCCNC(=O)/C=C/c1ccc(Cl)cc1. The average Bonchev–Trinajstić information content (AvgIpc) is 2.34. The molecule has 1 aromatic rings. The van der Waals surface area contributed by atoms with E-state index in [1.807, 2.05) is 12.1 Å². The molecule has 1 rings (SSSR count). The molecule has 0 radical (unpaired) electrons. The van der Waals surface area contributed by atoms with Gasteiger partial charge in [-0.3, -0.25) is 4.79 Å². The number of hydrogen-bond acceptors (Lipinski definition) is 1. The summed E-state index contributed by atoms with van der Waals surface area (Å²) in [4.78, 5) is 11.4. The second kappa shape index (κ2) is 7.91. The molecule has 1 N–H and O–H groups in total. The molecule has 0 spiro atoms. The first kappa shape index (κ1) is 13.8. The van der Waals surface area contributed by atoms with Crippen LogP contribution in [0.25, 0.3) is 6.08 Å². The normalized spacial score (nSPS) is 10.7. The summed E-state index contributed by atoms with van der Waals surface area (Å²) in [5.41, 5.74) is 0.970. The van der Waals surface area contributed by atoms with E-state index in [-0.39, 0.29) is 5.91 Å². The van der Waals surface area contributed by atoms with Crippen LogP contribution in [0.2, 0.25) is 5.02 Å². The van der Waals surface area contributed by atoms with E-state index in [9.17, 15) is 4.79 Å². The number of amides is 1. The Morgan fingerprint density at radius 1 is 1.29 bits per heavy atom. The molecule has 0 fully saturated rings. The number of halogens is 1. The standard InChI is InChI=1S/C14H18ClNO/c1-2-3-4-11-16-14(17)10-7-12-5-8-13(15)9-6-12/h5-10H,2-4,11H2,1H3,(H,16,17)/b10-7+. The van der Waals surface area contributed by atoms with Crippen molar-refractivity contribution in [1.82, 2.24) is 5.32 Å². The molecule has 2 nitrogen and oxygen atoms in total. The van der Waals surface area contributed by atoms with E-state index in [0.29, 0.717) is 5.02 Å². The molecule has 0 aromatic heterocycles. The number of carbonyl (C=O) groups excluding carboxylic acids is 1. The highest BCUT2D eigenvalue weighted by Gasteiger charge is 1.94. The van der Waals surface area contributed by atoms with E-state index in [4.69, 9.17) is 11.6 Å². The second-order valence-electron chi connectivity index (χ2n) is 3.88. The molecule has 0 aliphatic carbocycles. The van der Waals surface area contributed by atoms with Crippen LogP contribution < -0.4 is 5.32 Å². The Balaban J connectivity index is 2.32. The minimum absolute atomic E-state index is 0.0453. The van der Waals surface area contributed by atoms with E-state index in [1.54, 1.807) is 24.3 Å². The number of rotatable bonds is 6. The van der Waals surface area contributed by atoms with Gasteiger partial charge in [0.25, 0.3) is 0 Å². The Morgan fingerprint density at radius 2 is 2.00 bits per heavy atom. The van der Waals surface area contributed by atoms with Gasteiger partial charge in [-0.25, -0.2) is 0 Å². The zero-order valence-corrected chi connectivity index (χ0v) is 10.8. The Labute approximate surface area is 108 Å². The summed E-state index contributed by atoms with van der Waals surface area (Å²) in [6, 6.07) is 7.37. The van der Waals surface area contributed by atoms with Gasteiger partial charge < -0.3 is 5.32 Å². The highest BCUT2D eigenvalue weighted by molar-refractivity contribution is 6.30. The summed E-state index contributed by atoms with van der Waals surface area (Å²) in [5.74, 6) is -0.0453. The lowest BCUT2D eigenvalue weighted by molar-refractivity contribution is -0.116. The molecule has 92 valence electrons. The molecular formula is C14H18ClNO. The Bertz CT molecular complexity index is 370. The fraction of sp³-hybridized carbons (Fsp3) is 0.357. The third-order valence-electron chi connectivity index (χ3n) is 2.38. The monoisotopic (exact) mass is 251 g/mol. The second-order valence-corrected chi connectivity index (χ2v) is 4.32. The zero-order chi connectivity index (χ0) is 12.5. The van der Waals surface area contributed by atoms with Gasteiger partial charge in [0.15, 0.2) is 0 Å². The maximum Gasteiger partial charge on any atom is 0.243 e. The summed E-state index contributed by atoms with van der Waals surface area (Å²) in [6.45, 7) is 2.89. The number of nitrogens with one attached hydrogen (secondary N) is 1. The predicted octanol–water partition coefficient (Wildman–Crippen LogP) is 3.66. The van der Waals surface area contributed by atoms with Crippen molar-refractivity contribution in [3.8, 4) is 0 Å². The van der Waals surface area contributed by atoms with Crippen LogP contribution in [-0.2, 0) is 4.79 Å². The van der Waals surface area contributed by atoms with Crippen LogP contribution in [0.1, 0.15) is 31.7 Å². The molecule has 0 heterocycles. The van der Waals surface area contributed by atoms with Crippen molar-refractivity contribution in [2.45, 2.75) is 26.2 Å². The molecule has 1 aromatic carbocycles. The lowest BCUT2D eigenvalue weighted by Crippen LogP contribution is -2.21. The smallest absolute Gasteiger partial charge is 0.243 e. The predicted molar refractivity (Wildman–Crippen MR) is 73.0 cm³/mol. The maximum atomic E-state index is 11.4. The molecule has 0 aliphatic heterocycles. The first-order valence-electron chi connectivity index (χ1n) is 5.94. The van der Waals surface area contributed by atoms with Crippen LogP contribution >= 0.6 is 11.6 Å². The van der Waals surface area contributed by atoms with E-state index in [1.165, 1.54) is 0 Å². The average molecular weight is 252 g/mol. The number of benzene rings is 1. The topological polar surface area (TPSA) is 29.1 Å². The summed E-state index contributed by atoms with van der Waals surface area (Å²) < 4.78 is 0. The fourth-order valence-corrected chi connectivity index (χ4v) is 1.52. The summed E-state index contributed by atoms with van der Waals surface area (Å²) in [7, 11) is 0. The van der Waals surface area contributed by atoms with E-state index < -0.39 is 0 Å². The number of unbranched alkanes of at least 4 members (excludes halogenated alkanes) is 2. The molecule has 0 bridgehead atoms. The minimum atomic E-state index is -0.0453. The van der Waals surface area contributed by atoms with Crippen molar-refractivity contribution >= 4 is 23.6 Å². The zero-order valence-electron chi connectivity index (χ0n) is 10.1. The van der Waals surface area contributed by atoms with Crippen molar-refractivity contribution in [1.29, 1.82) is 0 Å². The highest BCUT2D eigenvalue weighted by Crippen LogP contribution is 2.10. The molecule has 0 saturated carbocycles. The minimum Gasteiger partial charge on any atom is -0.353 e. The molecule has 0 saturated heterocycles. The lowest BCUT2D eigenvalue weighted by atomic mass is 10.2. The van der Waals surface area contributed by atoms with Crippen molar-refractivity contribution in [2.75, 3.05) is 6.54 Å². The number of hydrogen-bond donors (Lipinski definition) is 1. The summed E-state index contributed by atoms with van der Waals surface area (Å²) >= 11 is 5.77. The molecular weight excluding hydrogens is 234 g/mol. The molecule has 17 heavy (non-hydrogen) atoms. The van der Waals surface area contributed by atoms with Gasteiger partial charge in [-0.2, -0.15) is 0 Å². The van der Waals surface area contributed by atoms with Crippen molar-refractivity contribution in [3.63, 3.8) is 0 Å². The van der Waals surface area contributed by atoms with Crippen molar-refractivity contribution < 1.29 is 4.79 Å². The van der Waals surface area contributed by atoms with Crippen LogP contribution in [0, 0.1) is 0 Å². The van der Waals surface area contributed by atoms with Crippen LogP contribution in [0.15, 0.2) is 30.3 Å². The Morgan fingerprint density at radius 3 is 2.65 bits per heavy atom. The van der Waals surface area contributed by atoms with Crippen molar-refractivity contribution in [3.05, 3.63) is 40.9 Å². The third kappa shape index (κ3) is 6.12. The first-order chi connectivity index (χ1) is 8.22. The van der Waals surface area contributed by atoms with Gasteiger partial charge in [-0.05, 0) is 30.2 Å². The lowest BCUT2D eigenvalue weighted by Gasteiger charge is -2.00.